The molecular formula is C19H22ClN3O4. The number of aromatic amines is 1. The fourth-order valence-electron chi connectivity index (χ4n) is 3.54. The third-order valence-electron chi connectivity index (χ3n) is 4.97. The molecule has 2 aromatic rings. The molecule has 1 aromatic carbocycles. The van der Waals surface area contributed by atoms with Gasteiger partial charge in [-0.15, -0.1) is 0 Å². The molecule has 1 saturated heterocycles. The SMILES string of the molecule is O=C(O)C[C@H]1COC(c2cc3cc(Cl)cc(NCC4CCOCC4)c3[nH]2)=N1. The molecule has 0 unspecified atom stereocenters. The Morgan fingerprint density at radius 1 is 1.33 bits per heavy atom. The number of nitrogens with zero attached hydrogens (tertiary/aromatic N) is 1. The quantitative estimate of drug-likeness (QED) is 0.702. The summed E-state index contributed by atoms with van der Waals surface area (Å²) < 4.78 is 11.0. The number of carboxylic acid groups (broad SMARTS) is 1. The Kier molecular flexibility index (Phi) is 5.22. The molecule has 2 aliphatic rings. The van der Waals surface area contributed by atoms with E-state index in [2.05, 4.69) is 15.3 Å². The molecule has 0 aliphatic carbocycles. The number of aromatic nitrogens is 1. The molecule has 0 saturated carbocycles. The molecular weight excluding hydrogens is 370 g/mol. The second-order valence-corrected chi connectivity index (χ2v) is 7.47. The molecule has 4 rings (SSSR count). The highest BCUT2D eigenvalue weighted by molar-refractivity contribution is 6.32. The van der Waals surface area contributed by atoms with E-state index in [0.29, 0.717) is 16.8 Å². The highest BCUT2D eigenvalue weighted by Crippen LogP contribution is 2.30. The lowest BCUT2D eigenvalue weighted by molar-refractivity contribution is -0.137. The first-order valence-electron chi connectivity index (χ1n) is 9.15. The van der Waals surface area contributed by atoms with E-state index in [1.54, 1.807) is 0 Å². The van der Waals surface area contributed by atoms with Crippen molar-refractivity contribution < 1.29 is 19.4 Å². The number of nitrogens with one attached hydrogen (secondary N) is 2. The smallest absolute Gasteiger partial charge is 0.305 e. The van der Waals surface area contributed by atoms with Gasteiger partial charge in [-0.25, -0.2) is 4.99 Å². The van der Waals surface area contributed by atoms with Crippen LogP contribution in [0.2, 0.25) is 5.02 Å². The van der Waals surface area contributed by atoms with Crippen molar-refractivity contribution in [2.45, 2.75) is 25.3 Å². The Labute approximate surface area is 161 Å². The molecule has 3 heterocycles. The third kappa shape index (κ3) is 4.20. The molecule has 1 fully saturated rings. The third-order valence-corrected chi connectivity index (χ3v) is 5.19. The number of benzene rings is 1. The van der Waals surface area contributed by atoms with E-state index in [1.165, 1.54) is 0 Å². The summed E-state index contributed by atoms with van der Waals surface area (Å²) in [7, 11) is 0. The zero-order chi connectivity index (χ0) is 18.8. The second kappa shape index (κ2) is 7.78. The van der Waals surface area contributed by atoms with Gasteiger partial charge in [0.25, 0.3) is 0 Å². The van der Waals surface area contributed by atoms with Gasteiger partial charge in [0.15, 0.2) is 0 Å². The van der Waals surface area contributed by atoms with E-state index in [1.807, 2.05) is 18.2 Å². The first-order chi connectivity index (χ1) is 13.1. The van der Waals surface area contributed by atoms with Crippen molar-refractivity contribution in [3.8, 4) is 0 Å². The van der Waals surface area contributed by atoms with Gasteiger partial charge >= 0.3 is 5.97 Å². The van der Waals surface area contributed by atoms with Crippen LogP contribution in [0.5, 0.6) is 0 Å². The Balaban J connectivity index is 1.55. The van der Waals surface area contributed by atoms with Gasteiger partial charge in [-0.1, -0.05) is 11.6 Å². The summed E-state index contributed by atoms with van der Waals surface area (Å²) >= 11 is 6.29. The van der Waals surface area contributed by atoms with Crippen LogP contribution in [0.4, 0.5) is 5.69 Å². The number of fused-ring (bicyclic) bond motifs is 1. The Morgan fingerprint density at radius 3 is 2.93 bits per heavy atom. The minimum atomic E-state index is -0.878. The Bertz CT molecular complexity index is 873. The predicted molar refractivity (Wildman–Crippen MR) is 104 cm³/mol. The van der Waals surface area contributed by atoms with Crippen LogP contribution in [0.1, 0.15) is 25.0 Å². The first kappa shape index (κ1) is 18.1. The standard InChI is InChI=1S/C19H22ClN3O4/c20-13-5-12-6-16(19-22-14(10-27-19)8-17(24)25)23-18(12)15(7-13)21-9-11-1-3-26-4-2-11/h5-7,11,14,21,23H,1-4,8-10H2,(H,24,25)/t14-/m0/s1. The van der Waals surface area contributed by atoms with Crippen LogP contribution >= 0.6 is 11.6 Å². The van der Waals surface area contributed by atoms with Gasteiger partial charge in [0.2, 0.25) is 5.90 Å². The number of hydrogen-bond acceptors (Lipinski definition) is 5. The summed E-state index contributed by atoms with van der Waals surface area (Å²) in [5, 5.41) is 14.0. The zero-order valence-electron chi connectivity index (χ0n) is 14.8. The molecule has 1 atom stereocenters. The Morgan fingerprint density at radius 2 is 2.15 bits per heavy atom. The number of anilines is 1. The maximum atomic E-state index is 10.9. The van der Waals surface area contributed by atoms with Crippen LogP contribution in [-0.4, -0.2) is 54.4 Å². The topological polar surface area (TPSA) is 95.9 Å². The zero-order valence-corrected chi connectivity index (χ0v) is 15.6. The molecule has 144 valence electrons. The molecule has 0 amide bonds. The molecule has 0 radical (unpaired) electrons. The summed E-state index contributed by atoms with van der Waals surface area (Å²) in [6, 6.07) is 5.39. The van der Waals surface area contributed by atoms with Gasteiger partial charge in [-0.05, 0) is 37.0 Å². The molecule has 27 heavy (non-hydrogen) atoms. The number of carboxylic acids is 1. The number of aliphatic carboxylic acids is 1. The van der Waals surface area contributed by atoms with Crippen molar-refractivity contribution in [3.63, 3.8) is 0 Å². The van der Waals surface area contributed by atoms with E-state index in [4.69, 9.17) is 26.2 Å². The molecule has 8 heteroatoms. The minimum Gasteiger partial charge on any atom is -0.481 e. The van der Waals surface area contributed by atoms with Gasteiger partial charge < -0.3 is 24.9 Å². The van der Waals surface area contributed by atoms with Crippen LogP contribution in [0.15, 0.2) is 23.2 Å². The van der Waals surface area contributed by atoms with Crippen LogP contribution in [-0.2, 0) is 14.3 Å². The first-order valence-corrected chi connectivity index (χ1v) is 9.53. The normalized spacial score (nSPS) is 20.5. The molecule has 1 aromatic heterocycles. The van der Waals surface area contributed by atoms with Crippen molar-refractivity contribution >= 4 is 40.1 Å². The monoisotopic (exact) mass is 391 g/mol. The summed E-state index contributed by atoms with van der Waals surface area (Å²) in [6.07, 6.45) is 2.08. The van der Waals surface area contributed by atoms with E-state index >= 15 is 0 Å². The van der Waals surface area contributed by atoms with E-state index < -0.39 is 5.97 Å². The van der Waals surface area contributed by atoms with Gasteiger partial charge in [0.1, 0.15) is 12.3 Å². The van der Waals surface area contributed by atoms with Crippen molar-refractivity contribution in [2.75, 3.05) is 31.7 Å². The lowest BCUT2D eigenvalue weighted by Gasteiger charge is -2.22. The average molecular weight is 392 g/mol. The van der Waals surface area contributed by atoms with Crippen LogP contribution in [0, 0.1) is 5.92 Å². The number of H-pyrrole nitrogens is 1. The summed E-state index contributed by atoms with van der Waals surface area (Å²) in [6.45, 7) is 2.79. The van der Waals surface area contributed by atoms with E-state index in [9.17, 15) is 4.79 Å². The molecule has 7 nitrogen and oxygen atoms in total. The maximum absolute atomic E-state index is 10.9. The Hall–Kier alpha value is -2.25. The molecule has 2 aliphatic heterocycles. The van der Waals surface area contributed by atoms with Crippen molar-refractivity contribution in [1.82, 2.24) is 4.98 Å². The molecule has 0 spiro atoms. The van der Waals surface area contributed by atoms with Crippen LogP contribution < -0.4 is 5.32 Å². The summed E-state index contributed by atoms with van der Waals surface area (Å²) in [5.74, 6) is 0.155. The fraction of sp³-hybridized carbons (Fsp3) is 0.474. The molecule has 3 N–H and O–H groups in total. The lowest BCUT2D eigenvalue weighted by atomic mass is 10.0. The van der Waals surface area contributed by atoms with Gasteiger partial charge in [0.05, 0.1) is 23.7 Å². The highest BCUT2D eigenvalue weighted by atomic mass is 35.5. The molecule has 0 bridgehead atoms. The van der Waals surface area contributed by atoms with Crippen molar-refractivity contribution in [1.29, 1.82) is 0 Å². The van der Waals surface area contributed by atoms with Gasteiger partial charge in [0, 0.05) is 30.2 Å². The maximum Gasteiger partial charge on any atom is 0.305 e. The largest absolute Gasteiger partial charge is 0.481 e. The predicted octanol–water partition coefficient (Wildman–Crippen LogP) is 3.28. The van der Waals surface area contributed by atoms with E-state index in [-0.39, 0.29) is 19.1 Å². The number of carbonyl (C=O) groups is 1. The number of hydrogen-bond donors (Lipinski definition) is 3. The van der Waals surface area contributed by atoms with Crippen LogP contribution in [0.25, 0.3) is 10.9 Å². The van der Waals surface area contributed by atoms with Gasteiger partial charge in [-0.2, -0.15) is 0 Å². The van der Waals surface area contributed by atoms with Crippen molar-refractivity contribution in [2.24, 2.45) is 10.9 Å². The number of halogens is 1. The second-order valence-electron chi connectivity index (χ2n) is 7.03. The van der Waals surface area contributed by atoms with E-state index in [0.717, 1.165) is 54.9 Å². The van der Waals surface area contributed by atoms with Crippen LogP contribution in [0.3, 0.4) is 0 Å². The highest BCUT2D eigenvalue weighted by Gasteiger charge is 2.24. The fourth-order valence-corrected chi connectivity index (χ4v) is 3.76. The summed E-state index contributed by atoms with van der Waals surface area (Å²) in [5.41, 5.74) is 2.61. The van der Waals surface area contributed by atoms with Crippen molar-refractivity contribution in [3.05, 3.63) is 28.9 Å². The number of ether oxygens (including phenoxy) is 2. The average Bonchev–Trinajstić information content (AvgIpc) is 3.26. The van der Waals surface area contributed by atoms with Gasteiger partial charge in [-0.3, -0.25) is 4.79 Å². The summed E-state index contributed by atoms with van der Waals surface area (Å²) in [4.78, 5) is 18.6. The number of aliphatic imine (C=N–C) groups is 1. The minimum absolute atomic E-state index is 0.0343. The lowest BCUT2D eigenvalue weighted by Crippen LogP contribution is -2.22. The number of rotatable bonds is 6.